The lowest BCUT2D eigenvalue weighted by Crippen LogP contribution is -2.42. The van der Waals surface area contributed by atoms with E-state index in [1.807, 2.05) is 13.1 Å². The van der Waals surface area contributed by atoms with Crippen molar-refractivity contribution >= 4 is 11.4 Å². The smallest absolute Gasteiger partial charge is 0.125 e. The van der Waals surface area contributed by atoms with Crippen molar-refractivity contribution < 1.29 is 4.39 Å². The molecule has 1 aromatic rings. The molecule has 2 rings (SSSR count). The number of nitrogens with one attached hydrogen (secondary N) is 1. The van der Waals surface area contributed by atoms with Gasteiger partial charge in [0, 0.05) is 19.6 Å². The summed E-state index contributed by atoms with van der Waals surface area (Å²) in [6.07, 6.45) is 0. The van der Waals surface area contributed by atoms with Crippen LogP contribution in [-0.2, 0) is 0 Å². The summed E-state index contributed by atoms with van der Waals surface area (Å²) in [6.45, 7) is 5.32. The van der Waals surface area contributed by atoms with Gasteiger partial charge in [-0.05, 0) is 24.1 Å². The van der Waals surface area contributed by atoms with E-state index in [0.29, 0.717) is 12.0 Å². The van der Waals surface area contributed by atoms with E-state index in [0.717, 1.165) is 17.9 Å². The van der Waals surface area contributed by atoms with Crippen molar-refractivity contribution in [1.82, 2.24) is 0 Å². The molecule has 15 heavy (non-hydrogen) atoms. The standard InChI is InChI=1S/C12H17FN2/c1-8(2)11-7-15(3)12-5-4-9(13)6-10(12)14-11/h4-6,8,11,14H,7H2,1-3H3. The van der Waals surface area contributed by atoms with E-state index >= 15 is 0 Å². The number of rotatable bonds is 1. The summed E-state index contributed by atoms with van der Waals surface area (Å²) in [5, 5.41) is 3.39. The molecule has 0 aromatic heterocycles. The monoisotopic (exact) mass is 208 g/mol. The van der Waals surface area contributed by atoms with Crippen LogP contribution in [-0.4, -0.2) is 19.6 Å². The van der Waals surface area contributed by atoms with E-state index in [2.05, 4.69) is 24.1 Å². The Morgan fingerprint density at radius 2 is 2.20 bits per heavy atom. The Morgan fingerprint density at radius 3 is 2.87 bits per heavy atom. The highest BCUT2D eigenvalue weighted by Gasteiger charge is 2.23. The van der Waals surface area contributed by atoms with Crippen molar-refractivity contribution in [3.63, 3.8) is 0 Å². The minimum Gasteiger partial charge on any atom is -0.379 e. The average Bonchev–Trinajstić information content (AvgIpc) is 2.16. The zero-order valence-corrected chi connectivity index (χ0v) is 9.42. The number of likely N-dealkylation sites (N-methyl/N-ethyl adjacent to an activating group) is 1. The first kappa shape index (κ1) is 10.3. The molecule has 1 aliphatic heterocycles. The molecule has 0 aliphatic carbocycles. The molecular formula is C12H17FN2. The van der Waals surface area contributed by atoms with Gasteiger partial charge >= 0.3 is 0 Å². The highest BCUT2D eigenvalue weighted by atomic mass is 19.1. The van der Waals surface area contributed by atoms with Gasteiger partial charge in [-0.25, -0.2) is 4.39 Å². The number of hydrogen-bond acceptors (Lipinski definition) is 2. The molecule has 0 amide bonds. The lowest BCUT2D eigenvalue weighted by atomic mass is 10.0. The van der Waals surface area contributed by atoms with Gasteiger partial charge in [0.05, 0.1) is 11.4 Å². The van der Waals surface area contributed by atoms with Gasteiger partial charge in [0.1, 0.15) is 5.82 Å². The number of anilines is 2. The highest BCUT2D eigenvalue weighted by molar-refractivity contribution is 5.72. The SMILES string of the molecule is CC(C)C1CN(C)c2ccc(F)cc2N1. The predicted octanol–water partition coefficient (Wildman–Crippen LogP) is 2.71. The lowest BCUT2D eigenvalue weighted by molar-refractivity contribution is 0.513. The Labute approximate surface area is 90.1 Å². The van der Waals surface area contributed by atoms with Crippen LogP contribution in [0.5, 0.6) is 0 Å². The molecule has 1 heterocycles. The van der Waals surface area contributed by atoms with E-state index in [1.54, 1.807) is 6.07 Å². The van der Waals surface area contributed by atoms with Crippen molar-refractivity contribution in [2.45, 2.75) is 19.9 Å². The van der Waals surface area contributed by atoms with Crippen LogP contribution in [0.3, 0.4) is 0 Å². The number of hydrogen-bond donors (Lipinski definition) is 1. The van der Waals surface area contributed by atoms with Crippen molar-refractivity contribution in [3.05, 3.63) is 24.0 Å². The quantitative estimate of drug-likeness (QED) is 0.763. The lowest BCUT2D eigenvalue weighted by Gasteiger charge is -2.36. The molecule has 0 radical (unpaired) electrons. The molecule has 82 valence electrons. The molecule has 1 unspecified atom stereocenters. The normalized spacial score (nSPS) is 20.1. The Bertz CT molecular complexity index is 363. The molecule has 0 saturated carbocycles. The van der Waals surface area contributed by atoms with Gasteiger partial charge in [-0.1, -0.05) is 13.8 Å². The summed E-state index contributed by atoms with van der Waals surface area (Å²) in [7, 11) is 2.05. The van der Waals surface area contributed by atoms with E-state index in [1.165, 1.54) is 6.07 Å². The molecule has 1 aliphatic rings. The largest absolute Gasteiger partial charge is 0.379 e. The van der Waals surface area contributed by atoms with Gasteiger partial charge in [-0.3, -0.25) is 0 Å². The van der Waals surface area contributed by atoms with Crippen LogP contribution in [0.1, 0.15) is 13.8 Å². The van der Waals surface area contributed by atoms with Crippen LogP contribution in [0.2, 0.25) is 0 Å². The molecule has 0 bridgehead atoms. The van der Waals surface area contributed by atoms with Gasteiger partial charge in [-0.2, -0.15) is 0 Å². The van der Waals surface area contributed by atoms with Crippen LogP contribution in [0.15, 0.2) is 18.2 Å². The van der Waals surface area contributed by atoms with E-state index in [4.69, 9.17) is 0 Å². The molecular weight excluding hydrogens is 191 g/mol. The second kappa shape index (κ2) is 3.72. The van der Waals surface area contributed by atoms with Gasteiger partial charge in [0.15, 0.2) is 0 Å². The van der Waals surface area contributed by atoms with Gasteiger partial charge in [-0.15, -0.1) is 0 Å². The molecule has 1 aromatic carbocycles. The summed E-state index contributed by atoms with van der Waals surface area (Å²) in [5.41, 5.74) is 1.98. The number of nitrogens with zero attached hydrogens (tertiary/aromatic N) is 1. The third-order valence-electron chi connectivity index (χ3n) is 2.99. The Balaban J connectivity index is 2.33. The van der Waals surface area contributed by atoms with E-state index in [9.17, 15) is 4.39 Å². The zero-order chi connectivity index (χ0) is 11.0. The molecule has 0 spiro atoms. The first-order chi connectivity index (χ1) is 7.08. The maximum absolute atomic E-state index is 13.1. The average molecular weight is 208 g/mol. The molecule has 0 saturated heterocycles. The Kier molecular flexibility index (Phi) is 2.55. The topological polar surface area (TPSA) is 15.3 Å². The fourth-order valence-corrected chi connectivity index (χ4v) is 1.97. The van der Waals surface area contributed by atoms with Crippen molar-refractivity contribution in [3.8, 4) is 0 Å². The Hall–Kier alpha value is -1.25. The van der Waals surface area contributed by atoms with Crippen LogP contribution in [0.25, 0.3) is 0 Å². The first-order valence-corrected chi connectivity index (χ1v) is 5.35. The van der Waals surface area contributed by atoms with Crippen LogP contribution in [0.4, 0.5) is 15.8 Å². The predicted molar refractivity (Wildman–Crippen MR) is 61.9 cm³/mol. The molecule has 1 N–H and O–H groups in total. The Morgan fingerprint density at radius 1 is 1.47 bits per heavy atom. The minimum absolute atomic E-state index is 0.181. The van der Waals surface area contributed by atoms with Crippen molar-refractivity contribution in [1.29, 1.82) is 0 Å². The highest BCUT2D eigenvalue weighted by Crippen LogP contribution is 2.31. The van der Waals surface area contributed by atoms with Gasteiger partial charge < -0.3 is 10.2 Å². The molecule has 1 atom stereocenters. The van der Waals surface area contributed by atoms with Crippen molar-refractivity contribution in [2.75, 3.05) is 23.8 Å². The zero-order valence-electron chi connectivity index (χ0n) is 9.42. The fraction of sp³-hybridized carbons (Fsp3) is 0.500. The second-order valence-electron chi connectivity index (χ2n) is 4.54. The maximum atomic E-state index is 13.1. The van der Waals surface area contributed by atoms with Crippen LogP contribution in [0, 0.1) is 11.7 Å². The summed E-state index contributed by atoms with van der Waals surface area (Å²) >= 11 is 0. The van der Waals surface area contributed by atoms with E-state index < -0.39 is 0 Å². The number of halogens is 1. The van der Waals surface area contributed by atoms with E-state index in [-0.39, 0.29) is 5.82 Å². The third kappa shape index (κ3) is 1.91. The summed E-state index contributed by atoms with van der Waals surface area (Å²) < 4.78 is 13.1. The molecule has 2 nitrogen and oxygen atoms in total. The summed E-state index contributed by atoms with van der Waals surface area (Å²) in [4.78, 5) is 2.18. The van der Waals surface area contributed by atoms with Gasteiger partial charge in [0.2, 0.25) is 0 Å². The summed E-state index contributed by atoms with van der Waals surface area (Å²) in [6, 6.07) is 5.30. The molecule has 0 fully saturated rings. The van der Waals surface area contributed by atoms with Crippen molar-refractivity contribution in [2.24, 2.45) is 5.92 Å². The number of fused-ring (bicyclic) bond motifs is 1. The molecule has 3 heteroatoms. The number of benzene rings is 1. The third-order valence-corrected chi connectivity index (χ3v) is 2.99. The van der Waals surface area contributed by atoms with Gasteiger partial charge in [0.25, 0.3) is 0 Å². The first-order valence-electron chi connectivity index (χ1n) is 5.35. The van der Waals surface area contributed by atoms with Crippen LogP contribution >= 0.6 is 0 Å². The summed E-state index contributed by atoms with van der Waals surface area (Å²) in [5.74, 6) is 0.364. The maximum Gasteiger partial charge on any atom is 0.125 e. The minimum atomic E-state index is -0.181. The fourth-order valence-electron chi connectivity index (χ4n) is 1.97. The van der Waals surface area contributed by atoms with Crippen LogP contribution < -0.4 is 10.2 Å². The second-order valence-corrected chi connectivity index (χ2v) is 4.54.